The normalized spacial score (nSPS) is 18.6. The third-order valence-corrected chi connectivity index (χ3v) is 5.29. The Labute approximate surface area is 158 Å². The average molecular weight is 410 g/mol. The molecule has 0 aliphatic carbocycles. The number of nitrogens with zero attached hydrogens (tertiary/aromatic N) is 3. The number of fused-ring (bicyclic) bond motifs is 1. The molecule has 25 heavy (non-hydrogen) atoms. The predicted molar refractivity (Wildman–Crippen MR) is 103 cm³/mol. The second-order valence-corrected chi connectivity index (χ2v) is 8.77. The van der Waals surface area contributed by atoms with Crippen molar-refractivity contribution in [3.63, 3.8) is 0 Å². The van der Waals surface area contributed by atoms with E-state index in [1.165, 1.54) is 24.8 Å². The zero-order valence-corrected chi connectivity index (χ0v) is 17.1. The summed E-state index contributed by atoms with van der Waals surface area (Å²) in [5.74, 6) is 1.06. The summed E-state index contributed by atoms with van der Waals surface area (Å²) in [5.41, 5.74) is 1.90. The largest absolute Gasteiger partial charge is 0.444 e. The number of hydrogen-bond acceptors (Lipinski definition) is 4. The fraction of sp³-hybridized carbons (Fsp3) is 0.684. The number of halogens is 1. The van der Waals surface area contributed by atoms with Crippen molar-refractivity contribution in [2.45, 2.75) is 58.5 Å². The maximum absolute atomic E-state index is 12.4. The molecular weight excluding hydrogens is 382 g/mol. The van der Waals surface area contributed by atoms with Crippen LogP contribution in [0.3, 0.4) is 0 Å². The van der Waals surface area contributed by atoms with Gasteiger partial charge in [0.05, 0.1) is 4.47 Å². The van der Waals surface area contributed by atoms with Gasteiger partial charge in [0.15, 0.2) is 0 Å². The highest BCUT2D eigenvalue weighted by Crippen LogP contribution is 2.30. The maximum atomic E-state index is 12.4. The lowest BCUT2D eigenvalue weighted by atomic mass is 10.1. The van der Waals surface area contributed by atoms with E-state index < -0.39 is 5.60 Å². The summed E-state index contributed by atoms with van der Waals surface area (Å²) in [7, 11) is 0. The molecule has 6 heteroatoms. The third kappa shape index (κ3) is 4.66. The molecule has 5 nitrogen and oxygen atoms in total. The van der Waals surface area contributed by atoms with Gasteiger partial charge < -0.3 is 14.5 Å². The van der Waals surface area contributed by atoms with Crippen LogP contribution in [0.1, 0.15) is 51.3 Å². The van der Waals surface area contributed by atoms with Gasteiger partial charge in [-0.25, -0.2) is 9.78 Å². The first-order valence-electron chi connectivity index (χ1n) is 9.25. The molecule has 3 rings (SSSR count). The summed E-state index contributed by atoms with van der Waals surface area (Å²) >= 11 is 3.71. The quantitative estimate of drug-likeness (QED) is 0.697. The number of anilines is 1. The first-order valence-corrected chi connectivity index (χ1v) is 10.0. The minimum absolute atomic E-state index is 0.226. The van der Waals surface area contributed by atoms with Gasteiger partial charge in [-0.2, -0.15) is 0 Å². The molecule has 2 aliphatic heterocycles. The van der Waals surface area contributed by atoms with Crippen molar-refractivity contribution < 1.29 is 9.53 Å². The van der Waals surface area contributed by atoms with Crippen molar-refractivity contribution in [1.82, 2.24) is 9.88 Å². The van der Waals surface area contributed by atoms with Crippen LogP contribution in [0.4, 0.5) is 10.6 Å². The van der Waals surface area contributed by atoms with Crippen LogP contribution in [0, 0.1) is 0 Å². The smallest absolute Gasteiger partial charge is 0.410 e. The fourth-order valence-electron chi connectivity index (χ4n) is 3.43. The van der Waals surface area contributed by atoms with Crippen molar-refractivity contribution in [1.29, 1.82) is 0 Å². The number of hydrogen-bond donors (Lipinski definition) is 0. The topological polar surface area (TPSA) is 45.7 Å². The Bertz CT molecular complexity index is 636. The fourth-order valence-corrected chi connectivity index (χ4v) is 4.05. The molecule has 1 fully saturated rings. The van der Waals surface area contributed by atoms with Gasteiger partial charge in [-0.15, -0.1) is 0 Å². The Morgan fingerprint density at radius 2 is 1.80 bits per heavy atom. The lowest BCUT2D eigenvalue weighted by Gasteiger charge is -2.29. The monoisotopic (exact) mass is 409 g/mol. The van der Waals surface area contributed by atoms with E-state index in [2.05, 4.69) is 26.9 Å². The molecule has 138 valence electrons. The maximum Gasteiger partial charge on any atom is 0.410 e. The van der Waals surface area contributed by atoms with Gasteiger partial charge in [0.25, 0.3) is 0 Å². The van der Waals surface area contributed by atoms with Gasteiger partial charge >= 0.3 is 6.09 Å². The summed E-state index contributed by atoms with van der Waals surface area (Å²) in [5, 5.41) is 0. The van der Waals surface area contributed by atoms with Gasteiger partial charge in [-0.1, -0.05) is 0 Å². The molecule has 0 unspecified atom stereocenters. The van der Waals surface area contributed by atoms with E-state index in [-0.39, 0.29) is 6.09 Å². The van der Waals surface area contributed by atoms with Crippen LogP contribution in [0.25, 0.3) is 0 Å². The molecule has 0 N–H and O–H groups in total. The molecule has 3 heterocycles. The standard InChI is InChI=1S/C19H28BrN3O2/c1-19(2,3)25-18(24)23-11-7-14-13-15(20)17(21-16(14)8-12-23)22-9-5-4-6-10-22/h13H,4-12H2,1-3H3. The Kier molecular flexibility index (Phi) is 5.56. The number of carbonyl (C=O) groups excluding carboxylic acids is 1. The minimum Gasteiger partial charge on any atom is -0.444 e. The molecule has 1 saturated heterocycles. The number of piperidine rings is 1. The molecule has 2 aliphatic rings. The molecule has 0 radical (unpaired) electrons. The Balaban J connectivity index is 1.74. The van der Waals surface area contributed by atoms with Crippen molar-refractivity contribution in [3.8, 4) is 0 Å². The summed E-state index contributed by atoms with van der Waals surface area (Å²) < 4.78 is 6.59. The minimum atomic E-state index is -0.459. The first-order chi connectivity index (χ1) is 11.8. The second kappa shape index (κ2) is 7.52. The number of carbonyl (C=O) groups is 1. The van der Waals surface area contributed by atoms with Gasteiger partial charge in [0, 0.05) is 38.3 Å². The zero-order valence-electron chi connectivity index (χ0n) is 15.5. The van der Waals surface area contributed by atoms with Crippen molar-refractivity contribution in [3.05, 3.63) is 21.8 Å². The highest BCUT2D eigenvalue weighted by molar-refractivity contribution is 9.10. The van der Waals surface area contributed by atoms with E-state index in [1.807, 2.05) is 20.8 Å². The van der Waals surface area contributed by atoms with Crippen molar-refractivity contribution in [2.24, 2.45) is 0 Å². The number of ether oxygens (including phenoxy) is 1. The zero-order chi connectivity index (χ0) is 18.0. The van der Waals surface area contributed by atoms with Crippen LogP contribution < -0.4 is 4.90 Å². The molecule has 0 bridgehead atoms. The number of aromatic nitrogens is 1. The summed E-state index contributed by atoms with van der Waals surface area (Å²) in [6.45, 7) is 9.21. The highest BCUT2D eigenvalue weighted by Gasteiger charge is 2.26. The lowest BCUT2D eigenvalue weighted by molar-refractivity contribution is 0.0258. The highest BCUT2D eigenvalue weighted by atomic mass is 79.9. The lowest BCUT2D eigenvalue weighted by Crippen LogP contribution is -2.38. The van der Waals surface area contributed by atoms with Crippen molar-refractivity contribution >= 4 is 27.8 Å². The SMILES string of the molecule is CC(C)(C)OC(=O)N1CCc2cc(Br)c(N3CCCCC3)nc2CC1. The first kappa shape index (κ1) is 18.5. The van der Waals surface area contributed by atoms with Crippen LogP contribution in [-0.4, -0.2) is 47.8 Å². The Morgan fingerprint density at radius 1 is 1.12 bits per heavy atom. The predicted octanol–water partition coefficient (Wildman–Crippen LogP) is 4.17. The molecular formula is C19H28BrN3O2. The van der Waals surface area contributed by atoms with Gasteiger partial charge in [-0.05, 0) is 74.0 Å². The van der Waals surface area contributed by atoms with E-state index in [0.717, 1.165) is 41.9 Å². The molecule has 0 aromatic carbocycles. The third-order valence-electron chi connectivity index (χ3n) is 4.70. The Hall–Kier alpha value is -1.30. The van der Waals surface area contributed by atoms with Crippen molar-refractivity contribution in [2.75, 3.05) is 31.1 Å². The molecule has 0 spiro atoms. The average Bonchev–Trinajstić information content (AvgIpc) is 2.75. The van der Waals surface area contributed by atoms with E-state index in [1.54, 1.807) is 4.90 Å². The van der Waals surface area contributed by atoms with E-state index in [0.29, 0.717) is 13.1 Å². The van der Waals surface area contributed by atoms with E-state index in [4.69, 9.17) is 9.72 Å². The van der Waals surface area contributed by atoms with Crippen LogP contribution in [0.15, 0.2) is 10.5 Å². The summed E-state index contributed by atoms with van der Waals surface area (Å²) in [4.78, 5) is 21.5. The molecule has 0 saturated carbocycles. The number of rotatable bonds is 1. The number of amides is 1. The summed E-state index contributed by atoms with van der Waals surface area (Å²) in [6, 6.07) is 2.20. The summed E-state index contributed by atoms with van der Waals surface area (Å²) in [6.07, 6.45) is 5.15. The van der Waals surface area contributed by atoms with E-state index in [9.17, 15) is 4.79 Å². The number of pyridine rings is 1. The van der Waals surface area contributed by atoms with Gasteiger partial charge in [0.1, 0.15) is 11.4 Å². The molecule has 1 aromatic rings. The second-order valence-electron chi connectivity index (χ2n) is 7.91. The molecule has 1 amide bonds. The van der Waals surface area contributed by atoms with Gasteiger partial charge in [0.2, 0.25) is 0 Å². The van der Waals surface area contributed by atoms with E-state index >= 15 is 0 Å². The van der Waals surface area contributed by atoms with Crippen LogP contribution in [0.5, 0.6) is 0 Å². The van der Waals surface area contributed by atoms with Gasteiger partial charge in [-0.3, -0.25) is 0 Å². The molecule has 0 atom stereocenters. The Morgan fingerprint density at radius 3 is 2.48 bits per heavy atom. The van der Waals surface area contributed by atoms with Crippen LogP contribution >= 0.6 is 15.9 Å². The van der Waals surface area contributed by atoms with Crippen LogP contribution in [0.2, 0.25) is 0 Å². The van der Waals surface area contributed by atoms with Crippen LogP contribution in [-0.2, 0) is 17.6 Å². The molecule has 1 aromatic heterocycles.